The largest absolute Gasteiger partial charge is 0.377 e. The Morgan fingerprint density at radius 2 is 2.06 bits per heavy atom. The minimum atomic E-state index is -0.433. The molecule has 0 aromatic rings. The molecule has 1 saturated heterocycles. The Morgan fingerprint density at radius 1 is 1.44 bits per heavy atom. The van der Waals surface area contributed by atoms with Gasteiger partial charge in [0.1, 0.15) is 17.6 Å². The van der Waals surface area contributed by atoms with Crippen LogP contribution in [0.1, 0.15) is 20.3 Å². The highest BCUT2D eigenvalue weighted by Crippen LogP contribution is 2.19. The van der Waals surface area contributed by atoms with Gasteiger partial charge in [-0.1, -0.05) is 6.92 Å². The molecule has 1 fully saturated rings. The van der Waals surface area contributed by atoms with Crippen molar-refractivity contribution < 1.29 is 14.3 Å². The van der Waals surface area contributed by atoms with E-state index in [0.29, 0.717) is 26.1 Å². The van der Waals surface area contributed by atoms with Gasteiger partial charge in [0.15, 0.2) is 0 Å². The number of alkyl halides is 1. The van der Waals surface area contributed by atoms with E-state index >= 15 is 0 Å². The Kier molecular flexibility index (Phi) is 5.52. The molecule has 0 bridgehead atoms. The monoisotopic (exact) mass is 249 g/mol. The molecule has 0 spiro atoms. The summed E-state index contributed by atoms with van der Waals surface area (Å²) in [5.41, 5.74) is 0. The molecule has 16 heavy (non-hydrogen) atoms. The molecule has 3 atom stereocenters. The van der Waals surface area contributed by atoms with Crippen molar-refractivity contribution in [2.75, 3.05) is 26.8 Å². The molecule has 1 aliphatic rings. The zero-order chi connectivity index (χ0) is 12.1. The van der Waals surface area contributed by atoms with Crippen LogP contribution in [0.15, 0.2) is 0 Å². The van der Waals surface area contributed by atoms with E-state index in [1.165, 1.54) is 0 Å². The lowest BCUT2D eigenvalue weighted by molar-refractivity contribution is -0.130. The summed E-state index contributed by atoms with van der Waals surface area (Å²) in [4.78, 5) is 13.6. The number of halogens is 1. The Morgan fingerprint density at radius 3 is 2.56 bits per heavy atom. The van der Waals surface area contributed by atoms with Crippen molar-refractivity contribution in [3.63, 3.8) is 0 Å². The maximum Gasteiger partial charge on any atom is 0.240 e. The van der Waals surface area contributed by atoms with Gasteiger partial charge in [-0.2, -0.15) is 0 Å². The van der Waals surface area contributed by atoms with Crippen molar-refractivity contribution in [1.82, 2.24) is 4.90 Å². The summed E-state index contributed by atoms with van der Waals surface area (Å²) < 4.78 is 10.8. The van der Waals surface area contributed by atoms with Gasteiger partial charge < -0.3 is 14.4 Å². The van der Waals surface area contributed by atoms with Crippen LogP contribution in [-0.2, 0) is 14.3 Å². The first kappa shape index (κ1) is 13.7. The molecule has 0 aromatic heterocycles. The van der Waals surface area contributed by atoms with Crippen molar-refractivity contribution in [1.29, 1.82) is 0 Å². The number of methoxy groups -OCH3 is 1. The van der Waals surface area contributed by atoms with Crippen LogP contribution in [0.25, 0.3) is 0 Å². The number of likely N-dealkylation sites (tertiary alicyclic amines) is 1. The third kappa shape index (κ3) is 3.09. The van der Waals surface area contributed by atoms with Crippen molar-refractivity contribution in [2.45, 2.75) is 37.9 Å². The van der Waals surface area contributed by atoms with Gasteiger partial charge in [0.05, 0.1) is 0 Å². The molecular weight excluding hydrogens is 230 g/mol. The lowest BCUT2D eigenvalue weighted by Gasteiger charge is -2.18. The topological polar surface area (TPSA) is 38.8 Å². The van der Waals surface area contributed by atoms with E-state index in [4.69, 9.17) is 21.1 Å². The number of rotatable bonds is 5. The maximum absolute atomic E-state index is 11.9. The van der Waals surface area contributed by atoms with Crippen LogP contribution in [0.5, 0.6) is 0 Å². The first-order valence-electron chi connectivity index (χ1n) is 5.71. The molecule has 1 aliphatic heterocycles. The van der Waals surface area contributed by atoms with Crippen molar-refractivity contribution >= 4 is 17.5 Å². The lowest BCUT2D eigenvalue weighted by Crippen LogP contribution is -2.35. The van der Waals surface area contributed by atoms with Crippen molar-refractivity contribution in [3.05, 3.63) is 0 Å². The molecule has 1 heterocycles. The van der Waals surface area contributed by atoms with Gasteiger partial charge in [-0.05, 0) is 13.3 Å². The summed E-state index contributed by atoms with van der Waals surface area (Å²) >= 11 is 5.94. The van der Waals surface area contributed by atoms with Crippen molar-refractivity contribution in [3.8, 4) is 0 Å². The normalized spacial score (nSPS) is 27.1. The molecule has 4 nitrogen and oxygen atoms in total. The van der Waals surface area contributed by atoms with E-state index < -0.39 is 5.38 Å². The first-order valence-corrected chi connectivity index (χ1v) is 6.14. The molecule has 0 N–H and O–H groups in total. The van der Waals surface area contributed by atoms with E-state index in [1.54, 1.807) is 12.0 Å². The number of nitrogens with zero attached hydrogens (tertiary/aromatic N) is 1. The molecule has 1 amide bonds. The smallest absolute Gasteiger partial charge is 0.240 e. The molecule has 94 valence electrons. The fraction of sp³-hybridized carbons (Fsp3) is 0.909. The summed E-state index contributed by atoms with van der Waals surface area (Å²) in [5.74, 6) is -0.0200. The lowest BCUT2D eigenvalue weighted by atomic mass is 10.2. The first-order chi connectivity index (χ1) is 7.63. The van der Waals surface area contributed by atoms with Crippen molar-refractivity contribution in [2.24, 2.45) is 0 Å². The molecule has 0 unspecified atom stereocenters. The van der Waals surface area contributed by atoms with Gasteiger partial charge in [0, 0.05) is 26.8 Å². The van der Waals surface area contributed by atoms with Crippen LogP contribution in [0.2, 0.25) is 0 Å². The van der Waals surface area contributed by atoms with E-state index in [-0.39, 0.29) is 18.1 Å². The summed E-state index contributed by atoms with van der Waals surface area (Å²) in [6.45, 7) is 5.62. The fourth-order valence-corrected chi connectivity index (χ4v) is 2.04. The summed E-state index contributed by atoms with van der Waals surface area (Å²) in [7, 11) is 1.64. The highest BCUT2D eigenvalue weighted by atomic mass is 35.5. The quantitative estimate of drug-likeness (QED) is 0.689. The Bertz CT molecular complexity index is 237. The highest BCUT2D eigenvalue weighted by Gasteiger charge is 2.37. The summed E-state index contributed by atoms with van der Waals surface area (Å²) in [6.07, 6.45) is 0.581. The second-order valence-electron chi connectivity index (χ2n) is 3.89. The Balaban J connectivity index is 2.56. The number of carbonyl (C=O) groups excluding carboxylic acids is 1. The number of hydrogen-bond acceptors (Lipinski definition) is 3. The second-order valence-corrected chi connectivity index (χ2v) is 4.41. The summed E-state index contributed by atoms with van der Waals surface area (Å²) in [6, 6.07) is 0. The molecule has 1 rings (SSSR count). The average molecular weight is 250 g/mol. The van der Waals surface area contributed by atoms with Crippen LogP contribution < -0.4 is 0 Å². The minimum absolute atomic E-state index is 0.0200. The van der Waals surface area contributed by atoms with E-state index in [9.17, 15) is 4.79 Å². The summed E-state index contributed by atoms with van der Waals surface area (Å²) in [5, 5.41) is -0.433. The van der Waals surface area contributed by atoms with Crippen LogP contribution in [0.4, 0.5) is 0 Å². The number of hydrogen-bond donors (Lipinski definition) is 0. The number of ether oxygens (including phenoxy) is 2. The predicted molar refractivity (Wildman–Crippen MR) is 62.7 cm³/mol. The molecule has 5 heteroatoms. The van der Waals surface area contributed by atoms with Gasteiger partial charge >= 0.3 is 0 Å². The van der Waals surface area contributed by atoms with Gasteiger partial charge in [-0.15, -0.1) is 11.6 Å². The van der Waals surface area contributed by atoms with Crippen LogP contribution in [-0.4, -0.2) is 55.2 Å². The highest BCUT2D eigenvalue weighted by molar-refractivity contribution is 6.30. The minimum Gasteiger partial charge on any atom is -0.377 e. The number of carbonyl (C=O) groups is 1. The molecule has 0 aliphatic carbocycles. The predicted octanol–water partition coefficient (Wildman–Crippen LogP) is 1.27. The standard InChI is InChI=1S/C11H20ClNO3/c1-4-8(12)11(14)13-6-9(15-3)10(7-13)16-5-2/h8-10H,4-7H2,1-3H3/t8-,9-,10+/m0/s1. The SMILES string of the molecule is CCO[C@@H]1CN(C(=O)[C@@H](Cl)CC)C[C@@H]1OC. The van der Waals surface area contributed by atoms with Crippen LogP contribution in [0.3, 0.4) is 0 Å². The number of amides is 1. The van der Waals surface area contributed by atoms with E-state index in [1.807, 2.05) is 13.8 Å². The zero-order valence-electron chi connectivity index (χ0n) is 10.1. The molecule has 0 saturated carbocycles. The maximum atomic E-state index is 11.9. The third-order valence-electron chi connectivity index (χ3n) is 2.84. The second kappa shape index (κ2) is 6.42. The van der Waals surface area contributed by atoms with Gasteiger partial charge in [-0.3, -0.25) is 4.79 Å². The van der Waals surface area contributed by atoms with E-state index in [2.05, 4.69) is 0 Å². The van der Waals surface area contributed by atoms with Crippen LogP contribution in [0, 0.1) is 0 Å². The fourth-order valence-electron chi connectivity index (χ4n) is 1.90. The van der Waals surface area contributed by atoms with E-state index in [0.717, 1.165) is 0 Å². The van der Waals surface area contributed by atoms with Crippen LogP contribution >= 0.6 is 11.6 Å². The molecular formula is C11H20ClNO3. The average Bonchev–Trinajstić information content (AvgIpc) is 2.70. The zero-order valence-corrected chi connectivity index (χ0v) is 10.9. The van der Waals surface area contributed by atoms with Gasteiger partial charge in [0.2, 0.25) is 5.91 Å². The van der Waals surface area contributed by atoms with Gasteiger partial charge in [-0.25, -0.2) is 0 Å². The molecule has 0 aromatic carbocycles. The Hall–Kier alpha value is -0.320. The Labute approximate surface area is 102 Å². The molecule has 0 radical (unpaired) electrons. The van der Waals surface area contributed by atoms with Gasteiger partial charge in [0.25, 0.3) is 0 Å². The third-order valence-corrected chi connectivity index (χ3v) is 3.33.